The topological polar surface area (TPSA) is 32.7 Å². The number of unbranched alkanes of at least 4 members (excludes halogenated alkanes) is 2. The SMILES string of the molecule is CN(CCCCCO)CCOc1cccc(Br)c1. The number of rotatable bonds is 9. The maximum absolute atomic E-state index is 8.68. The predicted octanol–water partition coefficient (Wildman–Crippen LogP) is 2.92. The Morgan fingerprint density at radius 2 is 2.06 bits per heavy atom. The summed E-state index contributed by atoms with van der Waals surface area (Å²) < 4.78 is 6.71. The van der Waals surface area contributed by atoms with Crippen LogP contribution in [0.1, 0.15) is 19.3 Å². The third kappa shape index (κ3) is 6.99. The second-order valence-electron chi connectivity index (χ2n) is 4.39. The molecule has 1 aromatic carbocycles. The van der Waals surface area contributed by atoms with Crippen molar-refractivity contribution < 1.29 is 9.84 Å². The van der Waals surface area contributed by atoms with E-state index in [1.807, 2.05) is 24.3 Å². The molecular weight excluding hydrogens is 294 g/mol. The van der Waals surface area contributed by atoms with Crippen LogP contribution in [0.5, 0.6) is 5.75 Å². The summed E-state index contributed by atoms with van der Waals surface area (Å²) in [5.41, 5.74) is 0. The van der Waals surface area contributed by atoms with Gasteiger partial charge in [-0.2, -0.15) is 0 Å². The molecule has 0 amide bonds. The van der Waals surface area contributed by atoms with Crippen molar-refractivity contribution in [3.05, 3.63) is 28.7 Å². The van der Waals surface area contributed by atoms with E-state index in [4.69, 9.17) is 9.84 Å². The van der Waals surface area contributed by atoms with Gasteiger partial charge >= 0.3 is 0 Å². The minimum Gasteiger partial charge on any atom is -0.492 e. The summed E-state index contributed by atoms with van der Waals surface area (Å²) in [5.74, 6) is 0.901. The van der Waals surface area contributed by atoms with Crippen LogP contribution in [0.2, 0.25) is 0 Å². The maximum Gasteiger partial charge on any atom is 0.120 e. The van der Waals surface area contributed by atoms with Gasteiger partial charge in [-0.05, 0) is 51.1 Å². The van der Waals surface area contributed by atoms with Gasteiger partial charge in [0, 0.05) is 17.6 Å². The lowest BCUT2D eigenvalue weighted by Gasteiger charge is -2.16. The van der Waals surface area contributed by atoms with Crippen molar-refractivity contribution >= 4 is 15.9 Å². The minimum atomic E-state index is 0.301. The van der Waals surface area contributed by atoms with Gasteiger partial charge in [0.05, 0.1) is 0 Å². The molecule has 0 fully saturated rings. The maximum atomic E-state index is 8.68. The first-order valence-electron chi connectivity index (χ1n) is 6.40. The Kier molecular flexibility index (Phi) is 8.05. The van der Waals surface area contributed by atoms with Crippen molar-refractivity contribution in [3.63, 3.8) is 0 Å². The molecule has 0 radical (unpaired) electrons. The summed E-state index contributed by atoms with van der Waals surface area (Å²) in [4.78, 5) is 2.26. The molecule has 0 aliphatic carbocycles. The number of nitrogens with zero attached hydrogens (tertiary/aromatic N) is 1. The Labute approximate surface area is 118 Å². The zero-order chi connectivity index (χ0) is 13.2. The lowest BCUT2D eigenvalue weighted by atomic mass is 10.2. The second-order valence-corrected chi connectivity index (χ2v) is 5.31. The fourth-order valence-corrected chi connectivity index (χ4v) is 2.04. The molecule has 0 bridgehead atoms. The fourth-order valence-electron chi connectivity index (χ4n) is 1.66. The van der Waals surface area contributed by atoms with Crippen molar-refractivity contribution in [1.82, 2.24) is 4.90 Å². The molecule has 4 heteroatoms. The van der Waals surface area contributed by atoms with Crippen LogP contribution in [0.25, 0.3) is 0 Å². The first-order chi connectivity index (χ1) is 8.72. The van der Waals surface area contributed by atoms with Crippen LogP contribution in [0, 0.1) is 0 Å². The summed E-state index contributed by atoms with van der Waals surface area (Å²) in [5, 5.41) is 8.68. The van der Waals surface area contributed by atoms with Crippen LogP contribution in [0.15, 0.2) is 28.7 Å². The first kappa shape index (κ1) is 15.5. The summed E-state index contributed by atoms with van der Waals surface area (Å²) >= 11 is 3.42. The Hall–Kier alpha value is -0.580. The molecule has 18 heavy (non-hydrogen) atoms. The Morgan fingerprint density at radius 3 is 2.78 bits per heavy atom. The molecule has 0 unspecified atom stereocenters. The van der Waals surface area contributed by atoms with Crippen molar-refractivity contribution in [3.8, 4) is 5.75 Å². The molecule has 0 spiro atoms. The van der Waals surface area contributed by atoms with Gasteiger partial charge in [0.1, 0.15) is 12.4 Å². The van der Waals surface area contributed by atoms with E-state index in [0.29, 0.717) is 13.2 Å². The lowest BCUT2D eigenvalue weighted by molar-refractivity contribution is 0.230. The molecule has 0 heterocycles. The summed E-state index contributed by atoms with van der Waals surface area (Å²) in [6.45, 7) is 2.98. The predicted molar refractivity (Wildman–Crippen MR) is 78.1 cm³/mol. The third-order valence-corrected chi connectivity index (χ3v) is 3.23. The summed E-state index contributed by atoms with van der Waals surface area (Å²) in [7, 11) is 2.10. The third-order valence-electron chi connectivity index (χ3n) is 2.74. The van der Waals surface area contributed by atoms with E-state index in [0.717, 1.165) is 42.6 Å². The Balaban J connectivity index is 2.09. The molecule has 102 valence electrons. The lowest BCUT2D eigenvalue weighted by Crippen LogP contribution is -2.25. The normalized spacial score (nSPS) is 10.9. The molecule has 1 N–H and O–H groups in total. The first-order valence-corrected chi connectivity index (χ1v) is 7.19. The largest absolute Gasteiger partial charge is 0.492 e. The zero-order valence-corrected chi connectivity index (χ0v) is 12.5. The molecule has 0 atom stereocenters. The molecular formula is C14H22BrNO2. The van der Waals surface area contributed by atoms with Crippen LogP contribution in [-0.2, 0) is 0 Å². The molecule has 0 saturated carbocycles. The number of ether oxygens (including phenoxy) is 1. The van der Waals surface area contributed by atoms with Crippen LogP contribution < -0.4 is 4.74 Å². The zero-order valence-electron chi connectivity index (χ0n) is 10.9. The van der Waals surface area contributed by atoms with Crippen LogP contribution in [0.3, 0.4) is 0 Å². The smallest absolute Gasteiger partial charge is 0.120 e. The van der Waals surface area contributed by atoms with Crippen LogP contribution in [0.4, 0.5) is 0 Å². The Bertz CT molecular complexity index is 333. The molecule has 0 aliphatic heterocycles. The van der Waals surface area contributed by atoms with Crippen molar-refractivity contribution in [2.24, 2.45) is 0 Å². The highest BCUT2D eigenvalue weighted by Gasteiger charge is 1.99. The number of halogens is 1. The van der Waals surface area contributed by atoms with Crippen LogP contribution in [-0.4, -0.2) is 43.4 Å². The number of hydrogen-bond acceptors (Lipinski definition) is 3. The van der Waals surface area contributed by atoms with E-state index >= 15 is 0 Å². The van der Waals surface area contributed by atoms with Gasteiger partial charge in [-0.1, -0.05) is 22.0 Å². The summed E-state index contributed by atoms with van der Waals surface area (Å²) in [6.07, 6.45) is 3.13. The van der Waals surface area contributed by atoms with Gasteiger partial charge in [0.2, 0.25) is 0 Å². The number of hydrogen-bond donors (Lipinski definition) is 1. The average molecular weight is 316 g/mol. The van der Waals surface area contributed by atoms with Gasteiger partial charge in [-0.25, -0.2) is 0 Å². The van der Waals surface area contributed by atoms with Crippen LogP contribution >= 0.6 is 15.9 Å². The van der Waals surface area contributed by atoms with E-state index in [2.05, 4.69) is 27.9 Å². The van der Waals surface area contributed by atoms with E-state index in [1.54, 1.807) is 0 Å². The number of aliphatic hydroxyl groups excluding tert-OH is 1. The monoisotopic (exact) mass is 315 g/mol. The van der Waals surface area contributed by atoms with Gasteiger partial charge in [-0.3, -0.25) is 0 Å². The highest BCUT2D eigenvalue weighted by molar-refractivity contribution is 9.10. The molecule has 0 aromatic heterocycles. The standard InChI is InChI=1S/C14H22BrNO2/c1-16(8-3-2-4-10-17)9-11-18-14-7-5-6-13(15)12-14/h5-7,12,17H,2-4,8-11H2,1H3. The highest BCUT2D eigenvalue weighted by Crippen LogP contribution is 2.17. The van der Waals surface area contributed by atoms with Crippen molar-refractivity contribution in [1.29, 1.82) is 0 Å². The second kappa shape index (κ2) is 9.36. The van der Waals surface area contributed by atoms with Gasteiger partial charge in [0.15, 0.2) is 0 Å². The number of aliphatic hydroxyl groups is 1. The average Bonchev–Trinajstić information content (AvgIpc) is 2.35. The minimum absolute atomic E-state index is 0.301. The van der Waals surface area contributed by atoms with Gasteiger partial charge in [0.25, 0.3) is 0 Å². The van der Waals surface area contributed by atoms with Gasteiger partial charge in [-0.15, -0.1) is 0 Å². The quantitative estimate of drug-likeness (QED) is 0.711. The van der Waals surface area contributed by atoms with E-state index < -0.39 is 0 Å². The van der Waals surface area contributed by atoms with Crippen molar-refractivity contribution in [2.45, 2.75) is 19.3 Å². The molecule has 3 nitrogen and oxygen atoms in total. The molecule has 0 saturated heterocycles. The Morgan fingerprint density at radius 1 is 1.22 bits per heavy atom. The van der Waals surface area contributed by atoms with E-state index in [9.17, 15) is 0 Å². The molecule has 0 aliphatic rings. The van der Waals surface area contributed by atoms with E-state index in [-0.39, 0.29) is 0 Å². The number of likely N-dealkylation sites (N-methyl/N-ethyl adjacent to an activating group) is 1. The summed E-state index contributed by atoms with van der Waals surface area (Å²) in [6, 6.07) is 7.89. The fraction of sp³-hybridized carbons (Fsp3) is 0.571. The molecule has 1 rings (SSSR count). The van der Waals surface area contributed by atoms with Gasteiger partial charge < -0.3 is 14.7 Å². The number of benzene rings is 1. The highest BCUT2D eigenvalue weighted by atomic mass is 79.9. The van der Waals surface area contributed by atoms with Crippen molar-refractivity contribution in [2.75, 3.05) is 33.4 Å². The molecule has 1 aromatic rings. The van der Waals surface area contributed by atoms with E-state index in [1.165, 1.54) is 0 Å².